The van der Waals surface area contributed by atoms with Crippen molar-refractivity contribution >= 4 is 53.5 Å². The molecule has 1 spiro atoms. The Hall–Kier alpha value is 0.420. The van der Waals surface area contributed by atoms with E-state index in [1.807, 2.05) is 0 Å². The molecule has 1 heterocycles. The molecule has 1 atom stereocenters. The maximum absolute atomic E-state index is 6.41. The van der Waals surface area contributed by atoms with Gasteiger partial charge >= 0.3 is 0 Å². The van der Waals surface area contributed by atoms with Gasteiger partial charge in [0, 0.05) is 20.0 Å². The summed E-state index contributed by atoms with van der Waals surface area (Å²) < 4.78 is 9.60. The smallest absolute Gasteiger partial charge is 0.0756 e. The second-order valence-electron chi connectivity index (χ2n) is 6.15. The summed E-state index contributed by atoms with van der Waals surface area (Å²) in [6.45, 7) is 0.876. The van der Waals surface area contributed by atoms with Crippen molar-refractivity contribution in [2.45, 2.75) is 56.7 Å². The van der Waals surface area contributed by atoms with E-state index in [0.717, 1.165) is 25.7 Å². The molecule has 21 heavy (non-hydrogen) atoms. The van der Waals surface area contributed by atoms with Gasteiger partial charge in [-0.3, -0.25) is 0 Å². The summed E-state index contributed by atoms with van der Waals surface area (Å²) in [5.74, 6) is 0. The molecule has 1 unspecified atom stereocenters. The lowest BCUT2D eigenvalue weighted by Gasteiger charge is -2.33. The summed E-state index contributed by atoms with van der Waals surface area (Å²) in [4.78, 5) is 0. The topological polar surface area (TPSA) is 21.3 Å². The molecular weight excluding hydrogens is 462 g/mol. The predicted molar refractivity (Wildman–Crippen MR) is 98.0 cm³/mol. The Kier molecular flexibility index (Phi) is 5.35. The van der Waals surface area contributed by atoms with Crippen molar-refractivity contribution in [2.75, 3.05) is 11.9 Å². The standard InChI is InChI=1S/C16H20Br3NO/c17-11-8-13(18)15(14(19)9-11)20-10-12-4-7-16(21-12)5-2-1-3-6-16/h8-9,12,20H,1-7,10H2. The lowest BCUT2D eigenvalue weighted by molar-refractivity contribution is -0.0588. The zero-order valence-electron chi connectivity index (χ0n) is 11.9. The van der Waals surface area contributed by atoms with Crippen molar-refractivity contribution in [1.29, 1.82) is 0 Å². The average molecular weight is 482 g/mol. The van der Waals surface area contributed by atoms with Crippen molar-refractivity contribution in [3.05, 3.63) is 25.6 Å². The zero-order chi connectivity index (χ0) is 14.9. The first-order valence-electron chi connectivity index (χ1n) is 7.64. The molecule has 0 amide bonds. The van der Waals surface area contributed by atoms with Crippen LogP contribution in [0.2, 0.25) is 0 Å². The fourth-order valence-corrected chi connectivity index (χ4v) is 6.07. The van der Waals surface area contributed by atoms with E-state index in [1.54, 1.807) is 0 Å². The normalized spacial score (nSPS) is 24.4. The van der Waals surface area contributed by atoms with Crippen LogP contribution in [0, 0.1) is 0 Å². The number of halogens is 3. The molecule has 1 aromatic rings. The van der Waals surface area contributed by atoms with Gasteiger partial charge in [-0.1, -0.05) is 35.2 Å². The molecule has 1 saturated heterocycles. The molecule has 2 aliphatic rings. The number of hydrogen-bond donors (Lipinski definition) is 1. The number of benzene rings is 1. The van der Waals surface area contributed by atoms with Gasteiger partial charge in [0.05, 0.1) is 17.4 Å². The fourth-order valence-electron chi connectivity index (χ4n) is 3.53. The Morgan fingerprint density at radius 2 is 1.71 bits per heavy atom. The van der Waals surface area contributed by atoms with Crippen molar-refractivity contribution in [3.8, 4) is 0 Å². The summed E-state index contributed by atoms with van der Waals surface area (Å²) >= 11 is 10.7. The molecule has 0 radical (unpaired) electrons. The predicted octanol–water partition coefficient (Wildman–Crippen LogP) is 6.27. The van der Waals surface area contributed by atoms with E-state index in [9.17, 15) is 0 Å². The quantitative estimate of drug-likeness (QED) is 0.549. The van der Waals surface area contributed by atoms with Crippen LogP contribution in [0.1, 0.15) is 44.9 Å². The molecule has 1 saturated carbocycles. The number of ether oxygens (including phenoxy) is 1. The Morgan fingerprint density at radius 1 is 1.05 bits per heavy atom. The number of nitrogens with one attached hydrogen (secondary N) is 1. The summed E-state index contributed by atoms with van der Waals surface area (Å²) in [7, 11) is 0. The third kappa shape index (κ3) is 3.85. The van der Waals surface area contributed by atoms with E-state index in [0.29, 0.717) is 6.10 Å². The Morgan fingerprint density at radius 3 is 2.38 bits per heavy atom. The Balaban J connectivity index is 1.59. The minimum atomic E-state index is 0.207. The SMILES string of the molecule is Brc1cc(Br)c(NCC2CCC3(CCCCC3)O2)c(Br)c1. The van der Waals surface area contributed by atoms with E-state index in [-0.39, 0.29) is 5.60 Å². The first kappa shape index (κ1) is 16.3. The largest absolute Gasteiger partial charge is 0.381 e. The third-order valence-electron chi connectivity index (χ3n) is 4.62. The number of hydrogen-bond acceptors (Lipinski definition) is 2. The summed E-state index contributed by atoms with van der Waals surface area (Å²) in [5.41, 5.74) is 1.31. The van der Waals surface area contributed by atoms with Gasteiger partial charge in [-0.2, -0.15) is 0 Å². The third-order valence-corrected chi connectivity index (χ3v) is 6.33. The lowest BCUT2D eigenvalue weighted by atomic mass is 9.83. The van der Waals surface area contributed by atoms with E-state index < -0.39 is 0 Å². The van der Waals surface area contributed by atoms with Crippen LogP contribution in [0.25, 0.3) is 0 Å². The molecule has 5 heteroatoms. The molecule has 0 bridgehead atoms. The highest BCUT2D eigenvalue weighted by molar-refractivity contribution is 9.11. The van der Waals surface area contributed by atoms with Crippen LogP contribution in [0.15, 0.2) is 25.6 Å². The molecule has 2 nitrogen and oxygen atoms in total. The Labute approximate surface area is 151 Å². The summed E-state index contributed by atoms with van der Waals surface area (Å²) in [6, 6.07) is 4.12. The summed E-state index contributed by atoms with van der Waals surface area (Å²) in [5, 5.41) is 3.53. The van der Waals surface area contributed by atoms with E-state index in [1.165, 1.54) is 44.9 Å². The highest BCUT2D eigenvalue weighted by atomic mass is 79.9. The van der Waals surface area contributed by atoms with Crippen LogP contribution < -0.4 is 5.32 Å². The van der Waals surface area contributed by atoms with Crippen molar-refractivity contribution in [2.24, 2.45) is 0 Å². The van der Waals surface area contributed by atoms with Gasteiger partial charge in [0.15, 0.2) is 0 Å². The van der Waals surface area contributed by atoms with Crippen LogP contribution >= 0.6 is 47.8 Å². The molecule has 1 aliphatic heterocycles. The fraction of sp³-hybridized carbons (Fsp3) is 0.625. The zero-order valence-corrected chi connectivity index (χ0v) is 16.7. The van der Waals surface area contributed by atoms with Gasteiger partial charge in [0.25, 0.3) is 0 Å². The number of anilines is 1. The number of rotatable bonds is 3. The highest BCUT2D eigenvalue weighted by Crippen LogP contribution is 2.42. The second kappa shape index (κ2) is 6.90. The van der Waals surface area contributed by atoms with Crippen LogP contribution in [0.4, 0.5) is 5.69 Å². The first-order valence-corrected chi connectivity index (χ1v) is 10.0. The molecule has 1 N–H and O–H groups in total. The Bertz CT molecular complexity index is 491. The van der Waals surface area contributed by atoms with Crippen LogP contribution in [-0.4, -0.2) is 18.2 Å². The first-order chi connectivity index (χ1) is 10.1. The van der Waals surface area contributed by atoms with Gasteiger partial charge in [-0.15, -0.1) is 0 Å². The maximum Gasteiger partial charge on any atom is 0.0756 e. The summed E-state index contributed by atoms with van der Waals surface area (Å²) in [6.07, 6.45) is 9.33. The van der Waals surface area contributed by atoms with Crippen molar-refractivity contribution in [1.82, 2.24) is 0 Å². The van der Waals surface area contributed by atoms with Gasteiger partial charge in [0.2, 0.25) is 0 Å². The molecule has 1 aliphatic carbocycles. The molecule has 1 aromatic carbocycles. The van der Waals surface area contributed by atoms with Gasteiger partial charge in [-0.05, 0) is 69.7 Å². The van der Waals surface area contributed by atoms with E-state index in [4.69, 9.17) is 4.74 Å². The molecule has 0 aromatic heterocycles. The van der Waals surface area contributed by atoms with Crippen LogP contribution in [0.3, 0.4) is 0 Å². The molecule has 2 fully saturated rings. The average Bonchev–Trinajstić information content (AvgIpc) is 2.81. The van der Waals surface area contributed by atoms with Crippen molar-refractivity contribution in [3.63, 3.8) is 0 Å². The lowest BCUT2D eigenvalue weighted by Crippen LogP contribution is -2.33. The molecule has 3 rings (SSSR count). The van der Waals surface area contributed by atoms with Crippen LogP contribution in [0.5, 0.6) is 0 Å². The van der Waals surface area contributed by atoms with Crippen LogP contribution in [-0.2, 0) is 4.74 Å². The van der Waals surface area contributed by atoms with E-state index >= 15 is 0 Å². The van der Waals surface area contributed by atoms with Crippen molar-refractivity contribution < 1.29 is 4.74 Å². The van der Waals surface area contributed by atoms with E-state index in [2.05, 4.69) is 65.2 Å². The molecule has 116 valence electrons. The van der Waals surface area contributed by atoms with Gasteiger partial charge < -0.3 is 10.1 Å². The van der Waals surface area contributed by atoms with Gasteiger partial charge in [-0.25, -0.2) is 0 Å². The minimum absolute atomic E-state index is 0.207. The highest BCUT2D eigenvalue weighted by Gasteiger charge is 2.40. The minimum Gasteiger partial charge on any atom is -0.381 e. The second-order valence-corrected chi connectivity index (χ2v) is 8.77. The molecular formula is C16H20Br3NO. The van der Waals surface area contributed by atoms with Gasteiger partial charge in [0.1, 0.15) is 0 Å². The monoisotopic (exact) mass is 479 g/mol. The maximum atomic E-state index is 6.41.